The standard InChI is InChI=1S/C13H30N.C4HF9O3S/c1-5-8-11-14(4,12-9-6-2)13-10-7-3;5-1(6,3(9,10)11)2(7,8)4(12,13)17(14,15)16/h5-13H2,1-4H3;(H,14,15,16)/q+1;. The molecule has 0 fully saturated rings. The lowest BCUT2D eigenvalue weighted by molar-refractivity contribution is -0.910. The normalized spacial score (nSPS) is 14.3. The molecule has 4 nitrogen and oxygen atoms in total. The molecule has 0 saturated heterocycles. The van der Waals surface area contributed by atoms with Gasteiger partial charge in [-0.1, -0.05) is 40.0 Å². The fourth-order valence-electron chi connectivity index (χ4n) is 2.48. The fourth-order valence-corrected chi connectivity index (χ4v) is 2.93. The molecule has 0 aliphatic rings. The van der Waals surface area contributed by atoms with Crippen LogP contribution in [-0.4, -0.2) is 67.4 Å². The third-order valence-corrected chi connectivity index (χ3v) is 5.50. The number of hydrogen-bond acceptors (Lipinski definition) is 2. The molecule has 0 aliphatic heterocycles. The zero-order valence-electron chi connectivity index (χ0n) is 17.9. The van der Waals surface area contributed by atoms with E-state index in [-0.39, 0.29) is 0 Å². The Hall–Kier alpha value is -0.760. The molecule has 0 rings (SSSR count). The second kappa shape index (κ2) is 11.9. The third kappa shape index (κ3) is 8.60. The predicted octanol–water partition coefficient (Wildman–Crippen LogP) is 6.13. The quantitative estimate of drug-likeness (QED) is 0.199. The van der Waals surface area contributed by atoms with E-state index in [0.717, 1.165) is 0 Å². The highest BCUT2D eigenvalue weighted by atomic mass is 32.2. The number of unbranched alkanes of at least 4 members (excludes halogenated alkanes) is 3. The number of quaternary nitrogens is 1. The van der Waals surface area contributed by atoms with Crippen LogP contribution in [-0.2, 0) is 10.1 Å². The Bertz CT molecular complexity index is 601. The van der Waals surface area contributed by atoms with Crippen molar-refractivity contribution in [2.75, 3.05) is 26.7 Å². The van der Waals surface area contributed by atoms with Gasteiger partial charge in [0.05, 0.1) is 26.7 Å². The van der Waals surface area contributed by atoms with Crippen LogP contribution in [0.15, 0.2) is 0 Å². The Morgan fingerprint density at radius 1 is 0.677 bits per heavy atom. The van der Waals surface area contributed by atoms with E-state index in [1.807, 2.05) is 0 Å². The summed E-state index contributed by atoms with van der Waals surface area (Å²) >= 11 is 0. The van der Waals surface area contributed by atoms with E-state index >= 15 is 0 Å². The number of alkyl halides is 9. The van der Waals surface area contributed by atoms with Gasteiger partial charge < -0.3 is 4.48 Å². The van der Waals surface area contributed by atoms with Crippen LogP contribution in [0.5, 0.6) is 0 Å². The number of halogens is 9. The summed E-state index contributed by atoms with van der Waals surface area (Å²) in [6.45, 7) is 11.0. The molecule has 1 N–H and O–H groups in total. The van der Waals surface area contributed by atoms with Crippen molar-refractivity contribution in [3.05, 3.63) is 0 Å². The molecule has 0 amide bonds. The Morgan fingerprint density at radius 2 is 0.968 bits per heavy atom. The maximum absolute atomic E-state index is 12.2. The second-order valence-electron chi connectivity index (χ2n) is 7.49. The van der Waals surface area contributed by atoms with Gasteiger partial charge in [-0.15, -0.1) is 0 Å². The van der Waals surface area contributed by atoms with E-state index < -0.39 is 33.4 Å². The maximum atomic E-state index is 12.2. The van der Waals surface area contributed by atoms with Gasteiger partial charge in [0.15, 0.2) is 0 Å². The van der Waals surface area contributed by atoms with Crippen LogP contribution >= 0.6 is 0 Å². The molecule has 0 bridgehead atoms. The van der Waals surface area contributed by atoms with Crippen molar-refractivity contribution in [1.82, 2.24) is 0 Å². The molecule has 0 aromatic carbocycles. The molecule has 0 saturated carbocycles. The molecule has 190 valence electrons. The first-order chi connectivity index (χ1) is 13.7. The van der Waals surface area contributed by atoms with E-state index in [9.17, 15) is 47.9 Å². The SMILES string of the molecule is CCCC[N+](C)(CCCC)CCCC.O=S(=O)(O)C(F)(F)C(F)(F)C(F)(F)C(F)(F)F. The van der Waals surface area contributed by atoms with Crippen LogP contribution < -0.4 is 0 Å². The zero-order chi connectivity index (χ0) is 25.4. The molecular weight excluding hydrogens is 469 g/mol. The van der Waals surface area contributed by atoms with Gasteiger partial charge in [0, 0.05) is 0 Å². The molecule has 0 unspecified atom stereocenters. The Morgan fingerprint density at radius 3 is 1.16 bits per heavy atom. The molecule has 0 atom stereocenters. The average molecular weight is 500 g/mol. The summed E-state index contributed by atoms with van der Waals surface area (Å²) < 4.78 is 135. The van der Waals surface area contributed by atoms with Gasteiger partial charge in [-0.25, -0.2) is 0 Å². The Labute approximate surface area is 177 Å². The van der Waals surface area contributed by atoms with Gasteiger partial charge >= 0.3 is 33.4 Å². The summed E-state index contributed by atoms with van der Waals surface area (Å²) in [5.41, 5.74) is 0. The van der Waals surface area contributed by atoms with E-state index in [1.54, 1.807) is 0 Å². The molecule has 0 radical (unpaired) electrons. The van der Waals surface area contributed by atoms with Crippen molar-refractivity contribution in [3.8, 4) is 0 Å². The summed E-state index contributed by atoms with van der Waals surface area (Å²) in [6, 6.07) is 0. The minimum Gasteiger partial charge on any atom is -0.326 e. The van der Waals surface area contributed by atoms with Crippen LogP contribution in [0.25, 0.3) is 0 Å². The molecule has 0 aliphatic carbocycles. The molecule has 0 aromatic heterocycles. The monoisotopic (exact) mass is 500 g/mol. The van der Waals surface area contributed by atoms with Gasteiger partial charge in [-0.2, -0.15) is 47.9 Å². The number of nitrogens with zero attached hydrogens (tertiary/aromatic N) is 1. The first-order valence-corrected chi connectivity index (χ1v) is 11.1. The first kappa shape index (κ1) is 32.4. The van der Waals surface area contributed by atoms with Crippen LogP contribution in [0.1, 0.15) is 59.3 Å². The Balaban J connectivity index is 0. The summed E-state index contributed by atoms with van der Waals surface area (Å²) in [4.78, 5) is 0. The summed E-state index contributed by atoms with van der Waals surface area (Å²) in [7, 11) is -4.72. The fraction of sp³-hybridized carbons (Fsp3) is 1.00. The molecular formula is C17H31F9NO3S+. The summed E-state index contributed by atoms with van der Waals surface area (Å²) in [5, 5.41) is -7.00. The van der Waals surface area contributed by atoms with Gasteiger partial charge in [0.2, 0.25) is 0 Å². The Kier molecular flexibility index (Phi) is 12.5. The van der Waals surface area contributed by atoms with Gasteiger partial charge in [0.25, 0.3) is 0 Å². The molecule has 0 spiro atoms. The van der Waals surface area contributed by atoms with Crippen LogP contribution in [0, 0.1) is 0 Å². The highest BCUT2D eigenvalue weighted by Crippen LogP contribution is 2.54. The highest BCUT2D eigenvalue weighted by Gasteiger charge is 2.85. The minimum absolute atomic E-state index is 1.32. The largest absolute Gasteiger partial charge is 0.460 e. The van der Waals surface area contributed by atoms with Crippen molar-refractivity contribution in [2.24, 2.45) is 0 Å². The van der Waals surface area contributed by atoms with Crippen molar-refractivity contribution in [1.29, 1.82) is 0 Å². The highest BCUT2D eigenvalue weighted by molar-refractivity contribution is 7.87. The summed E-state index contributed by atoms with van der Waals surface area (Å²) in [6.07, 6.45) is 1.06. The van der Waals surface area contributed by atoms with Crippen molar-refractivity contribution < 1.29 is 57.0 Å². The lowest BCUT2D eigenvalue weighted by atomic mass is 10.1. The minimum atomic E-state index is -7.37. The van der Waals surface area contributed by atoms with E-state index in [0.29, 0.717) is 0 Å². The molecule has 0 heterocycles. The van der Waals surface area contributed by atoms with Crippen molar-refractivity contribution >= 4 is 10.1 Å². The van der Waals surface area contributed by atoms with E-state index in [2.05, 4.69) is 27.8 Å². The van der Waals surface area contributed by atoms with Gasteiger partial charge in [-0.05, 0) is 19.3 Å². The van der Waals surface area contributed by atoms with Crippen LogP contribution in [0.3, 0.4) is 0 Å². The van der Waals surface area contributed by atoms with Crippen LogP contribution in [0.2, 0.25) is 0 Å². The maximum Gasteiger partial charge on any atom is 0.460 e. The van der Waals surface area contributed by atoms with E-state index in [1.165, 1.54) is 62.6 Å². The average Bonchev–Trinajstić information content (AvgIpc) is 2.61. The number of hydrogen-bond donors (Lipinski definition) is 1. The van der Waals surface area contributed by atoms with Gasteiger partial charge in [0.1, 0.15) is 0 Å². The zero-order valence-corrected chi connectivity index (χ0v) is 18.7. The molecule has 14 heteroatoms. The second-order valence-corrected chi connectivity index (χ2v) is 8.95. The molecule has 31 heavy (non-hydrogen) atoms. The topological polar surface area (TPSA) is 54.4 Å². The van der Waals surface area contributed by atoms with Crippen molar-refractivity contribution in [2.45, 2.75) is 82.6 Å². The summed E-state index contributed by atoms with van der Waals surface area (Å²) in [5.74, 6) is -14.7. The van der Waals surface area contributed by atoms with Crippen LogP contribution in [0.4, 0.5) is 39.5 Å². The lowest BCUT2D eigenvalue weighted by Crippen LogP contribution is -2.63. The van der Waals surface area contributed by atoms with Gasteiger partial charge in [-0.3, -0.25) is 4.55 Å². The lowest BCUT2D eigenvalue weighted by Gasteiger charge is -2.34. The van der Waals surface area contributed by atoms with Crippen molar-refractivity contribution in [3.63, 3.8) is 0 Å². The number of rotatable bonds is 12. The third-order valence-electron chi connectivity index (χ3n) is 4.59. The van der Waals surface area contributed by atoms with E-state index in [4.69, 9.17) is 4.55 Å². The molecule has 0 aromatic rings. The predicted molar refractivity (Wildman–Crippen MR) is 98.0 cm³/mol. The first-order valence-electron chi connectivity index (χ1n) is 9.69. The smallest absolute Gasteiger partial charge is 0.326 e.